The highest BCUT2D eigenvalue weighted by atomic mass is 16.6. The zero-order valence-corrected chi connectivity index (χ0v) is 8.83. The lowest BCUT2D eigenvalue weighted by molar-refractivity contribution is 0.119. The Morgan fingerprint density at radius 2 is 2.31 bits per heavy atom. The first-order chi connectivity index (χ1) is 7.85. The van der Waals surface area contributed by atoms with Gasteiger partial charge < -0.3 is 4.74 Å². The van der Waals surface area contributed by atoms with Gasteiger partial charge in [0.1, 0.15) is 12.4 Å². The Kier molecular flexibility index (Phi) is 3.13. The van der Waals surface area contributed by atoms with Crippen LogP contribution in [-0.2, 0) is 11.4 Å². The second-order valence-corrected chi connectivity index (χ2v) is 3.15. The van der Waals surface area contributed by atoms with E-state index in [9.17, 15) is 0 Å². The van der Waals surface area contributed by atoms with Crippen LogP contribution in [0.25, 0.3) is 5.69 Å². The Balaban J connectivity index is 2.37. The summed E-state index contributed by atoms with van der Waals surface area (Å²) < 4.78 is 6.78. The van der Waals surface area contributed by atoms with Gasteiger partial charge in [0.2, 0.25) is 0 Å². The van der Waals surface area contributed by atoms with Gasteiger partial charge in [-0.05, 0) is 12.1 Å². The number of hydrogen-bond donors (Lipinski definition) is 1. The smallest absolute Gasteiger partial charge is 0.121 e. The summed E-state index contributed by atoms with van der Waals surface area (Å²) in [6.07, 6.45) is 1.60. The van der Waals surface area contributed by atoms with E-state index in [4.69, 9.17) is 10.6 Å². The lowest BCUT2D eigenvalue weighted by atomic mass is 10.3. The standard InChI is InChI=1S/C10H12N4O2/c1-15-10-4-2-3-8(5-10)14-9(7-16-11)6-12-13-14/h2-6H,7,11H2,1H3. The number of benzene rings is 1. The topological polar surface area (TPSA) is 75.2 Å². The molecule has 0 unspecified atom stereocenters. The number of aromatic nitrogens is 3. The first-order valence-electron chi connectivity index (χ1n) is 4.71. The molecule has 0 aliphatic carbocycles. The lowest BCUT2D eigenvalue weighted by Gasteiger charge is -2.06. The van der Waals surface area contributed by atoms with Crippen molar-refractivity contribution in [3.8, 4) is 11.4 Å². The van der Waals surface area contributed by atoms with Crippen LogP contribution < -0.4 is 10.6 Å². The minimum atomic E-state index is 0.254. The van der Waals surface area contributed by atoms with E-state index in [0.717, 1.165) is 17.1 Å². The summed E-state index contributed by atoms with van der Waals surface area (Å²) in [6, 6.07) is 7.49. The largest absolute Gasteiger partial charge is 0.497 e. The van der Waals surface area contributed by atoms with Gasteiger partial charge in [0, 0.05) is 6.07 Å². The molecule has 2 aromatic rings. The van der Waals surface area contributed by atoms with E-state index >= 15 is 0 Å². The van der Waals surface area contributed by atoms with Gasteiger partial charge in [-0.1, -0.05) is 11.3 Å². The minimum Gasteiger partial charge on any atom is -0.497 e. The van der Waals surface area contributed by atoms with Gasteiger partial charge in [-0.2, -0.15) is 0 Å². The number of ether oxygens (including phenoxy) is 1. The van der Waals surface area contributed by atoms with E-state index in [-0.39, 0.29) is 6.61 Å². The summed E-state index contributed by atoms with van der Waals surface area (Å²) in [5.41, 5.74) is 1.62. The average molecular weight is 220 g/mol. The van der Waals surface area contributed by atoms with E-state index < -0.39 is 0 Å². The van der Waals surface area contributed by atoms with Gasteiger partial charge in [0.05, 0.1) is 24.7 Å². The Bertz CT molecular complexity index is 469. The lowest BCUT2D eigenvalue weighted by Crippen LogP contribution is -2.06. The molecule has 0 aliphatic rings. The van der Waals surface area contributed by atoms with Gasteiger partial charge in [0.15, 0.2) is 0 Å². The van der Waals surface area contributed by atoms with Crippen molar-refractivity contribution in [1.82, 2.24) is 15.0 Å². The molecule has 2 rings (SSSR count). The maximum absolute atomic E-state index is 5.14. The van der Waals surface area contributed by atoms with Crippen molar-refractivity contribution in [3.05, 3.63) is 36.2 Å². The highest BCUT2D eigenvalue weighted by Crippen LogP contribution is 2.16. The number of nitrogens with two attached hydrogens (primary N) is 1. The summed E-state index contributed by atoms with van der Waals surface area (Å²) >= 11 is 0. The zero-order valence-electron chi connectivity index (χ0n) is 8.83. The molecule has 0 aliphatic heterocycles. The van der Waals surface area contributed by atoms with Crippen LogP contribution in [0.1, 0.15) is 5.69 Å². The van der Waals surface area contributed by atoms with Crippen molar-refractivity contribution in [1.29, 1.82) is 0 Å². The molecule has 1 aromatic heterocycles. The Morgan fingerprint density at radius 3 is 3.06 bits per heavy atom. The van der Waals surface area contributed by atoms with Crippen LogP contribution in [0.5, 0.6) is 5.75 Å². The van der Waals surface area contributed by atoms with E-state index in [1.807, 2.05) is 24.3 Å². The molecule has 2 N–H and O–H groups in total. The summed E-state index contributed by atoms with van der Waals surface area (Å²) in [6.45, 7) is 0.254. The van der Waals surface area contributed by atoms with Crippen molar-refractivity contribution in [2.75, 3.05) is 7.11 Å². The van der Waals surface area contributed by atoms with Crippen LogP contribution in [0.15, 0.2) is 30.5 Å². The average Bonchev–Trinajstić information content (AvgIpc) is 2.78. The third-order valence-corrected chi connectivity index (χ3v) is 2.15. The molecule has 6 nitrogen and oxygen atoms in total. The van der Waals surface area contributed by atoms with Crippen LogP contribution >= 0.6 is 0 Å². The molecule has 1 heterocycles. The predicted molar refractivity (Wildman–Crippen MR) is 56.9 cm³/mol. The molecule has 6 heteroatoms. The molecule has 0 radical (unpaired) electrons. The molecule has 84 valence electrons. The molecule has 0 bridgehead atoms. The molecular formula is C10H12N4O2. The molecule has 0 saturated carbocycles. The molecule has 16 heavy (non-hydrogen) atoms. The second-order valence-electron chi connectivity index (χ2n) is 3.15. The van der Waals surface area contributed by atoms with E-state index in [1.54, 1.807) is 18.0 Å². The molecule has 0 amide bonds. The van der Waals surface area contributed by atoms with Gasteiger partial charge in [-0.3, -0.25) is 4.84 Å². The van der Waals surface area contributed by atoms with Crippen LogP contribution in [0.4, 0.5) is 0 Å². The number of methoxy groups -OCH3 is 1. The summed E-state index contributed by atoms with van der Waals surface area (Å²) in [7, 11) is 1.62. The van der Waals surface area contributed by atoms with Crippen molar-refractivity contribution < 1.29 is 9.57 Å². The van der Waals surface area contributed by atoms with Gasteiger partial charge >= 0.3 is 0 Å². The van der Waals surface area contributed by atoms with E-state index in [2.05, 4.69) is 15.1 Å². The monoisotopic (exact) mass is 220 g/mol. The molecule has 0 atom stereocenters. The number of rotatable bonds is 4. The fourth-order valence-corrected chi connectivity index (χ4v) is 1.40. The number of nitrogens with zero attached hydrogens (tertiary/aromatic N) is 3. The maximum Gasteiger partial charge on any atom is 0.121 e. The van der Waals surface area contributed by atoms with Gasteiger partial charge in [-0.25, -0.2) is 10.6 Å². The fraction of sp³-hybridized carbons (Fsp3) is 0.200. The molecule has 0 fully saturated rings. The van der Waals surface area contributed by atoms with Crippen molar-refractivity contribution in [2.45, 2.75) is 6.61 Å². The molecule has 1 aromatic carbocycles. The minimum absolute atomic E-state index is 0.254. The third kappa shape index (κ3) is 2.02. The molecule has 0 spiro atoms. The summed E-state index contributed by atoms with van der Waals surface area (Å²) in [5, 5.41) is 7.77. The first-order valence-corrected chi connectivity index (χ1v) is 4.71. The Morgan fingerprint density at radius 1 is 1.44 bits per heavy atom. The van der Waals surface area contributed by atoms with E-state index in [1.165, 1.54) is 0 Å². The maximum atomic E-state index is 5.14. The van der Waals surface area contributed by atoms with Crippen LogP contribution in [-0.4, -0.2) is 22.1 Å². The Hall–Kier alpha value is -1.92. The van der Waals surface area contributed by atoms with Crippen LogP contribution in [0.2, 0.25) is 0 Å². The third-order valence-electron chi connectivity index (χ3n) is 2.15. The molecule has 0 saturated heterocycles. The molecular weight excluding hydrogens is 208 g/mol. The summed E-state index contributed by atoms with van der Waals surface area (Å²) in [5.74, 6) is 5.79. The van der Waals surface area contributed by atoms with Crippen LogP contribution in [0.3, 0.4) is 0 Å². The number of hydrogen-bond acceptors (Lipinski definition) is 5. The van der Waals surface area contributed by atoms with Gasteiger partial charge in [-0.15, -0.1) is 5.10 Å². The summed E-state index contributed by atoms with van der Waals surface area (Å²) in [4.78, 5) is 4.57. The zero-order chi connectivity index (χ0) is 11.4. The van der Waals surface area contributed by atoms with Crippen molar-refractivity contribution in [3.63, 3.8) is 0 Å². The van der Waals surface area contributed by atoms with Gasteiger partial charge in [0.25, 0.3) is 0 Å². The highest BCUT2D eigenvalue weighted by Gasteiger charge is 2.06. The predicted octanol–water partition coefficient (Wildman–Crippen LogP) is 0.666. The quantitative estimate of drug-likeness (QED) is 0.766. The van der Waals surface area contributed by atoms with Crippen molar-refractivity contribution in [2.24, 2.45) is 5.90 Å². The van der Waals surface area contributed by atoms with Crippen molar-refractivity contribution >= 4 is 0 Å². The van der Waals surface area contributed by atoms with E-state index in [0.29, 0.717) is 0 Å². The van der Waals surface area contributed by atoms with Crippen LogP contribution in [0, 0.1) is 0 Å². The Labute approximate surface area is 92.5 Å². The highest BCUT2D eigenvalue weighted by molar-refractivity contribution is 5.39. The SMILES string of the molecule is COc1cccc(-n2nncc2CON)c1. The first kappa shape index (κ1) is 10.6. The second kappa shape index (κ2) is 4.73. The fourth-order valence-electron chi connectivity index (χ4n) is 1.40. The normalized spacial score (nSPS) is 10.4.